The first-order chi connectivity index (χ1) is 29.5. The quantitative estimate of drug-likeness (QED) is 0.270. The van der Waals surface area contributed by atoms with E-state index in [1.165, 1.54) is 27.7 Å². The summed E-state index contributed by atoms with van der Waals surface area (Å²) in [5, 5.41) is 37.1. The number of ether oxygens (including phenoxy) is 5. The Hall–Kier alpha value is -3.76. The highest BCUT2D eigenvalue weighted by atomic mass is 16.6. The van der Waals surface area contributed by atoms with E-state index in [1.54, 1.807) is 27.7 Å². The van der Waals surface area contributed by atoms with Crippen LogP contribution in [-0.2, 0) is 62.0 Å². The van der Waals surface area contributed by atoms with E-state index < -0.39 is 152 Å². The summed E-state index contributed by atoms with van der Waals surface area (Å²) >= 11 is 0. The van der Waals surface area contributed by atoms with Crippen molar-refractivity contribution in [3.8, 4) is 0 Å². The van der Waals surface area contributed by atoms with Crippen LogP contribution in [0, 0.1) is 68.0 Å². The number of hydrogen-bond acceptors (Lipinski definition) is 16. The van der Waals surface area contributed by atoms with Crippen LogP contribution in [0.4, 0.5) is 0 Å². The van der Waals surface area contributed by atoms with E-state index in [4.69, 9.17) is 23.7 Å². The predicted molar refractivity (Wildman–Crippen MR) is 220 cm³/mol. The Morgan fingerprint density at radius 1 is 0.594 bits per heavy atom. The van der Waals surface area contributed by atoms with Crippen LogP contribution in [-0.4, -0.2) is 111 Å². The lowest BCUT2D eigenvalue weighted by Crippen LogP contribution is -2.73. The van der Waals surface area contributed by atoms with Crippen molar-refractivity contribution >= 4 is 47.2 Å². The third kappa shape index (κ3) is 6.21. The zero-order valence-electron chi connectivity index (χ0n) is 38.7. The fraction of sp³-hybridized carbons (Fsp3) is 0.833. The zero-order chi connectivity index (χ0) is 47.2. The number of Topliss-reactive ketones (excluding diaryl/α,β-unsaturated/α-hetero) is 3. The van der Waals surface area contributed by atoms with Gasteiger partial charge in [-0.2, -0.15) is 0 Å². The molecule has 0 unspecified atom stereocenters. The summed E-state index contributed by atoms with van der Waals surface area (Å²) in [6.07, 6.45) is -9.02. The first kappa shape index (κ1) is 46.8. The van der Waals surface area contributed by atoms with Crippen molar-refractivity contribution in [2.75, 3.05) is 0 Å². The van der Waals surface area contributed by atoms with Crippen molar-refractivity contribution in [3.63, 3.8) is 0 Å². The molecule has 0 aromatic heterocycles. The van der Waals surface area contributed by atoms with Gasteiger partial charge in [0.1, 0.15) is 36.0 Å². The zero-order valence-corrected chi connectivity index (χ0v) is 38.7. The standard InChI is InChI=1S/C48H66O16/c1-21(49)60-30-13-25-17-47(20-29(55)37-43(7,8)35(63-24(4)52)16-33(57)45(37,10)39(30)47)41(59)64-48(12-11-27(25)53)26-14-31(61-22(2)50)38-44(9)32(56)15-34(62-23(3)51)42(5,6)36(44)28(54)19-46(38,18-26)40(48)58/h25-26,29-39,55-57H,11-20H2,1-10H3/t25-,26-,29+,30+,31+,32+,33+,34+,35+,36-,37-,38+,39+,44-,45-,46+,47+,48+/m1/s1. The molecular weight excluding hydrogens is 833 g/mol. The van der Waals surface area contributed by atoms with Crippen molar-refractivity contribution in [1.29, 1.82) is 0 Å². The van der Waals surface area contributed by atoms with Crippen LogP contribution in [0.25, 0.3) is 0 Å². The number of ketones is 3. The fourth-order valence-electron chi connectivity index (χ4n) is 17.1. The molecule has 3 spiro atoms. The Balaban J connectivity index is 1.27. The molecule has 1 aliphatic heterocycles. The first-order valence-corrected chi connectivity index (χ1v) is 23.1. The minimum atomic E-state index is -2.01. The molecule has 3 N–H and O–H groups in total. The number of hydrogen-bond donors (Lipinski definition) is 3. The number of rotatable bonds is 4. The van der Waals surface area contributed by atoms with Gasteiger partial charge in [0.2, 0.25) is 0 Å². The van der Waals surface area contributed by atoms with Gasteiger partial charge < -0.3 is 39.0 Å². The molecule has 64 heavy (non-hydrogen) atoms. The van der Waals surface area contributed by atoms with Gasteiger partial charge in [0.25, 0.3) is 0 Å². The normalized spacial score (nSPS) is 48.7. The Labute approximate surface area is 373 Å². The minimum absolute atomic E-state index is 0.000977. The van der Waals surface area contributed by atoms with Crippen molar-refractivity contribution in [2.24, 2.45) is 68.0 Å². The van der Waals surface area contributed by atoms with Crippen LogP contribution in [0.2, 0.25) is 0 Å². The van der Waals surface area contributed by atoms with Gasteiger partial charge in [-0.25, -0.2) is 0 Å². The average molecular weight is 899 g/mol. The molecule has 8 fully saturated rings. The highest BCUT2D eigenvalue weighted by Crippen LogP contribution is 2.74. The number of aliphatic hydroxyl groups excluding tert-OH is 3. The molecule has 16 nitrogen and oxygen atoms in total. The van der Waals surface area contributed by atoms with Crippen LogP contribution >= 0.6 is 0 Å². The Morgan fingerprint density at radius 2 is 1.11 bits per heavy atom. The topological polar surface area (TPSA) is 243 Å². The summed E-state index contributed by atoms with van der Waals surface area (Å²) in [5.74, 6) is -10.1. The number of carbonyl (C=O) groups excluding carboxylic acids is 8. The maximum absolute atomic E-state index is 16.1. The van der Waals surface area contributed by atoms with Gasteiger partial charge in [-0.3, -0.25) is 38.4 Å². The molecule has 8 rings (SSSR count). The van der Waals surface area contributed by atoms with Gasteiger partial charge in [0.15, 0.2) is 11.4 Å². The highest BCUT2D eigenvalue weighted by molar-refractivity contribution is 6.03. The van der Waals surface area contributed by atoms with Gasteiger partial charge in [0, 0.05) is 122 Å². The van der Waals surface area contributed by atoms with Crippen molar-refractivity contribution in [1.82, 2.24) is 0 Å². The van der Waals surface area contributed by atoms with Crippen LogP contribution in [0.5, 0.6) is 0 Å². The van der Waals surface area contributed by atoms with Crippen molar-refractivity contribution < 1.29 is 77.4 Å². The lowest BCUT2D eigenvalue weighted by atomic mass is 9.37. The molecule has 0 aromatic carbocycles. The third-order valence-electron chi connectivity index (χ3n) is 18.7. The second-order valence-electron chi connectivity index (χ2n) is 22.8. The van der Waals surface area contributed by atoms with E-state index in [2.05, 4.69) is 0 Å². The number of esters is 5. The van der Waals surface area contributed by atoms with Gasteiger partial charge in [-0.05, 0) is 32.1 Å². The van der Waals surface area contributed by atoms with Gasteiger partial charge in [-0.15, -0.1) is 0 Å². The summed E-state index contributed by atoms with van der Waals surface area (Å²) in [6, 6.07) is 0. The molecule has 0 radical (unpaired) electrons. The molecule has 1 saturated heterocycles. The van der Waals surface area contributed by atoms with E-state index in [-0.39, 0.29) is 75.8 Å². The maximum Gasteiger partial charge on any atom is 0.313 e. The molecule has 354 valence electrons. The molecule has 4 bridgehead atoms. The van der Waals surface area contributed by atoms with E-state index in [1.807, 2.05) is 13.8 Å². The maximum atomic E-state index is 16.1. The van der Waals surface area contributed by atoms with Crippen molar-refractivity contribution in [2.45, 2.75) is 182 Å². The van der Waals surface area contributed by atoms with Crippen molar-refractivity contribution in [3.05, 3.63) is 0 Å². The SMILES string of the molecule is CC(=O)O[C@H]1C[C@@H]2C[C@@]3(CC(=O)[C@@H]4C(C)(C)[C@@H](OC(C)=O)C[C@H](O)[C@@]4(C)[C@H]13)C(=O)[C@]21CCC(=O)[C@@H]2C[C@H](OC(C)=O)[C@@H]3[C@](C2)(C[C@H](O)[C@@H]2C(C)(C)[C@@H](OC(C)=O)C[C@H](O)[C@]23C)C(=O)O1. The Morgan fingerprint density at radius 3 is 1.67 bits per heavy atom. The van der Waals surface area contributed by atoms with Crippen LogP contribution in [0.1, 0.15) is 133 Å². The highest BCUT2D eigenvalue weighted by Gasteiger charge is 2.81. The Bertz CT molecular complexity index is 2080. The summed E-state index contributed by atoms with van der Waals surface area (Å²) < 4.78 is 30.4. The second-order valence-corrected chi connectivity index (χ2v) is 22.8. The van der Waals surface area contributed by atoms with E-state index in [0.29, 0.717) is 0 Å². The lowest BCUT2D eigenvalue weighted by molar-refractivity contribution is -0.289. The van der Waals surface area contributed by atoms with Gasteiger partial charge >= 0.3 is 29.8 Å². The number of aliphatic hydroxyl groups is 3. The molecule has 0 amide bonds. The molecule has 8 aliphatic rings. The molecule has 7 saturated carbocycles. The second kappa shape index (κ2) is 14.9. The molecule has 16 heteroatoms. The van der Waals surface area contributed by atoms with Gasteiger partial charge in [0.05, 0.1) is 23.7 Å². The summed E-state index contributed by atoms with van der Waals surface area (Å²) in [4.78, 5) is 112. The molecule has 1 heterocycles. The van der Waals surface area contributed by atoms with E-state index in [9.17, 15) is 44.1 Å². The summed E-state index contributed by atoms with van der Waals surface area (Å²) in [5.41, 5.74) is -10.2. The first-order valence-electron chi connectivity index (χ1n) is 23.1. The largest absolute Gasteiger partial charge is 0.462 e. The number of carbonyl (C=O) groups is 8. The minimum Gasteiger partial charge on any atom is -0.462 e. The Kier molecular flexibility index (Phi) is 10.9. The molecule has 18 atom stereocenters. The monoisotopic (exact) mass is 898 g/mol. The molecule has 7 aliphatic carbocycles. The summed E-state index contributed by atoms with van der Waals surface area (Å²) in [7, 11) is 0. The van der Waals surface area contributed by atoms with E-state index in [0.717, 1.165) is 0 Å². The van der Waals surface area contributed by atoms with Gasteiger partial charge in [-0.1, -0.05) is 41.5 Å². The van der Waals surface area contributed by atoms with Crippen LogP contribution in [0.15, 0.2) is 0 Å². The molecular formula is C48H66O16. The third-order valence-corrected chi connectivity index (χ3v) is 18.7. The average Bonchev–Trinajstić information content (AvgIpc) is 3.32. The number of fused-ring (bicyclic) bond motifs is 7. The van der Waals surface area contributed by atoms with Crippen LogP contribution < -0.4 is 0 Å². The predicted octanol–water partition coefficient (Wildman–Crippen LogP) is 3.53. The fourth-order valence-corrected chi connectivity index (χ4v) is 17.1. The smallest absolute Gasteiger partial charge is 0.313 e. The molecule has 0 aromatic rings. The van der Waals surface area contributed by atoms with E-state index >= 15 is 9.59 Å². The summed E-state index contributed by atoms with van der Waals surface area (Å²) in [6.45, 7) is 15.7. The van der Waals surface area contributed by atoms with Crippen LogP contribution in [0.3, 0.4) is 0 Å². The lowest BCUT2D eigenvalue weighted by Gasteiger charge is -2.68.